The number of allylic oxidation sites excluding steroid dienone is 1. The van der Waals surface area contributed by atoms with Crippen LogP contribution in [-0.2, 0) is 4.79 Å². The Hall–Kier alpha value is -0.990. The maximum absolute atomic E-state index is 9.88. The van der Waals surface area contributed by atoms with E-state index in [0.29, 0.717) is 0 Å². The minimum atomic E-state index is 0.753. The SMILES string of the molecule is C=C(C)NCCCCCCNC=O. The van der Waals surface area contributed by atoms with Crippen LogP contribution in [0, 0.1) is 0 Å². The first kappa shape index (κ1) is 12.0. The summed E-state index contributed by atoms with van der Waals surface area (Å²) in [5.74, 6) is 0. The van der Waals surface area contributed by atoms with Gasteiger partial charge in [-0.25, -0.2) is 0 Å². The lowest BCUT2D eigenvalue weighted by Crippen LogP contribution is -2.13. The molecule has 0 atom stereocenters. The van der Waals surface area contributed by atoms with Gasteiger partial charge in [0.25, 0.3) is 0 Å². The third-order valence-electron chi connectivity index (χ3n) is 1.76. The fourth-order valence-electron chi connectivity index (χ4n) is 1.07. The van der Waals surface area contributed by atoms with Crippen LogP contribution in [-0.4, -0.2) is 19.5 Å². The Labute approximate surface area is 80.6 Å². The van der Waals surface area contributed by atoms with Crippen LogP contribution in [0.2, 0.25) is 0 Å². The highest BCUT2D eigenvalue weighted by atomic mass is 16.1. The summed E-state index contributed by atoms with van der Waals surface area (Å²) < 4.78 is 0. The third kappa shape index (κ3) is 11.0. The molecular formula is C10H20N2O. The van der Waals surface area contributed by atoms with Crippen LogP contribution in [0.15, 0.2) is 12.3 Å². The molecule has 0 fully saturated rings. The molecular weight excluding hydrogens is 164 g/mol. The molecule has 3 heteroatoms. The lowest BCUT2D eigenvalue weighted by Gasteiger charge is -2.04. The van der Waals surface area contributed by atoms with E-state index in [1.807, 2.05) is 6.92 Å². The van der Waals surface area contributed by atoms with Crippen molar-refractivity contribution in [2.45, 2.75) is 32.6 Å². The summed E-state index contributed by atoms with van der Waals surface area (Å²) >= 11 is 0. The van der Waals surface area contributed by atoms with Gasteiger partial charge in [0.15, 0.2) is 0 Å². The summed E-state index contributed by atoms with van der Waals surface area (Å²) in [4.78, 5) is 9.88. The van der Waals surface area contributed by atoms with Crippen LogP contribution in [0.1, 0.15) is 32.6 Å². The molecule has 0 unspecified atom stereocenters. The van der Waals surface area contributed by atoms with Crippen molar-refractivity contribution >= 4 is 6.41 Å². The summed E-state index contributed by atoms with van der Waals surface area (Å²) in [6.07, 6.45) is 5.39. The standard InChI is InChI=1S/C10H20N2O/c1-10(2)12-8-6-4-3-5-7-11-9-13/h9,12H,1,3-8H2,2H3,(H,11,13). The largest absolute Gasteiger partial charge is 0.389 e. The van der Waals surface area contributed by atoms with Gasteiger partial charge < -0.3 is 10.6 Å². The zero-order valence-electron chi connectivity index (χ0n) is 8.44. The fraction of sp³-hybridized carbons (Fsp3) is 0.700. The van der Waals surface area contributed by atoms with Gasteiger partial charge in [-0.2, -0.15) is 0 Å². The van der Waals surface area contributed by atoms with Crippen LogP contribution < -0.4 is 10.6 Å². The Morgan fingerprint density at radius 1 is 1.23 bits per heavy atom. The molecule has 13 heavy (non-hydrogen) atoms. The molecule has 2 N–H and O–H groups in total. The summed E-state index contributed by atoms with van der Waals surface area (Å²) in [6, 6.07) is 0. The first-order valence-electron chi connectivity index (χ1n) is 4.84. The van der Waals surface area contributed by atoms with Gasteiger partial charge >= 0.3 is 0 Å². The molecule has 0 aromatic rings. The van der Waals surface area contributed by atoms with Gasteiger partial charge in [0, 0.05) is 18.8 Å². The van der Waals surface area contributed by atoms with Crippen molar-refractivity contribution in [1.82, 2.24) is 10.6 Å². The van der Waals surface area contributed by atoms with E-state index in [2.05, 4.69) is 17.2 Å². The zero-order valence-corrected chi connectivity index (χ0v) is 8.44. The molecule has 0 aromatic heterocycles. The van der Waals surface area contributed by atoms with Crippen molar-refractivity contribution in [3.8, 4) is 0 Å². The molecule has 0 aliphatic carbocycles. The highest BCUT2D eigenvalue weighted by Crippen LogP contribution is 1.97. The summed E-state index contributed by atoms with van der Waals surface area (Å²) in [5, 5.41) is 5.83. The minimum Gasteiger partial charge on any atom is -0.389 e. The van der Waals surface area contributed by atoms with Crippen molar-refractivity contribution in [1.29, 1.82) is 0 Å². The van der Waals surface area contributed by atoms with E-state index in [0.717, 1.165) is 31.6 Å². The first-order chi connectivity index (χ1) is 6.27. The molecule has 3 nitrogen and oxygen atoms in total. The molecule has 0 aromatic carbocycles. The first-order valence-corrected chi connectivity index (χ1v) is 4.84. The molecule has 0 radical (unpaired) electrons. The molecule has 0 aliphatic rings. The van der Waals surface area contributed by atoms with Gasteiger partial charge in [-0.1, -0.05) is 19.4 Å². The van der Waals surface area contributed by atoms with E-state index in [1.165, 1.54) is 19.3 Å². The van der Waals surface area contributed by atoms with E-state index in [-0.39, 0.29) is 0 Å². The second-order valence-electron chi connectivity index (χ2n) is 3.19. The Morgan fingerprint density at radius 2 is 1.85 bits per heavy atom. The van der Waals surface area contributed by atoms with E-state index >= 15 is 0 Å². The number of carbonyl (C=O) groups is 1. The number of hydrogen-bond acceptors (Lipinski definition) is 2. The van der Waals surface area contributed by atoms with E-state index in [4.69, 9.17) is 0 Å². The predicted octanol–water partition coefficient (Wildman–Crippen LogP) is 1.42. The van der Waals surface area contributed by atoms with Crippen molar-refractivity contribution in [2.75, 3.05) is 13.1 Å². The van der Waals surface area contributed by atoms with Gasteiger partial charge in [-0.05, 0) is 19.8 Å². The van der Waals surface area contributed by atoms with Crippen molar-refractivity contribution in [3.63, 3.8) is 0 Å². The number of unbranched alkanes of at least 4 members (excludes halogenated alkanes) is 3. The predicted molar refractivity (Wildman–Crippen MR) is 55.4 cm³/mol. The molecule has 76 valence electrons. The van der Waals surface area contributed by atoms with E-state index in [9.17, 15) is 4.79 Å². The van der Waals surface area contributed by atoms with Gasteiger partial charge in [-0.15, -0.1) is 0 Å². The Bertz CT molecular complexity index is 146. The van der Waals surface area contributed by atoms with Gasteiger partial charge in [0.2, 0.25) is 6.41 Å². The number of hydrogen-bond donors (Lipinski definition) is 2. The Kier molecular flexibility index (Phi) is 8.41. The van der Waals surface area contributed by atoms with Crippen molar-refractivity contribution < 1.29 is 4.79 Å². The number of nitrogens with one attached hydrogen (secondary N) is 2. The molecule has 0 bridgehead atoms. The fourth-order valence-corrected chi connectivity index (χ4v) is 1.07. The van der Waals surface area contributed by atoms with Crippen molar-refractivity contribution in [3.05, 3.63) is 12.3 Å². The van der Waals surface area contributed by atoms with Crippen LogP contribution in [0.5, 0.6) is 0 Å². The van der Waals surface area contributed by atoms with Crippen molar-refractivity contribution in [2.24, 2.45) is 0 Å². The maximum atomic E-state index is 9.88. The average molecular weight is 184 g/mol. The monoisotopic (exact) mass is 184 g/mol. The summed E-state index contributed by atoms with van der Waals surface area (Å²) in [7, 11) is 0. The van der Waals surface area contributed by atoms with Crippen LogP contribution in [0.3, 0.4) is 0 Å². The van der Waals surface area contributed by atoms with Crippen LogP contribution in [0.4, 0.5) is 0 Å². The molecule has 0 saturated heterocycles. The highest BCUT2D eigenvalue weighted by Gasteiger charge is 1.89. The van der Waals surface area contributed by atoms with Gasteiger partial charge in [0.1, 0.15) is 0 Å². The third-order valence-corrected chi connectivity index (χ3v) is 1.76. The van der Waals surface area contributed by atoms with Crippen LogP contribution in [0.25, 0.3) is 0 Å². The van der Waals surface area contributed by atoms with Crippen LogP contribution >= 0.6 is 0 Å². The molecule has 0 heterocycles. The quantitative estimate of drug-likeness (QED) is 0.420. The molecule has 1 amide bonds. The zero-order chi connectivity index (χ0) is 9.94. The summed E-state index contributed by atoms with van der Waals surface area (Å²) in [6.45, 7) is 7.53. The summed E-state index contributed by atoms with van der Waals surface area (Å²) in [5.41, 5.74) is 1.03. The second-order valence-corrected chi connectivity index (χ2v) is 3.19. The second kappa shape index (κ2) is 9.10. The molecule has 0 saturated carbocycles. The lowest BCUT2D eigenvalue weighted by atomic mass is 10.2. The van der Waals surface area contributed by atoms with Gasteiger partial charge in [-0.3, -0.25) is 4.79 Å². The molecule has 0 aliphatic heterocycles. The topological polar surface area (TPSA) is 41.1 Å². The maximum Gasteiger partial charge on any atom is 0.207 e. The smallest absolute Gasteiger partial charge is 0.207 e. The number of amides is 1. The average Bonchev–Trinajstić information content (AvgIpc) is 2.09. The molecule has 0 spiro atoms. The highest BCUT2D eigenvalue weighted by molar-refractivity contribution is 5.45. The Morgan fingerprint density at radius 3 is 2.38 bits per heavy atom. The number of carbonyl (C=O) groups excluding carboxylic acids is 1. The van der Waals surface area contributed by atoms with E-state index < -0.39 is 0 Å². The van der Waals surface area contributed by atoms with Gasteiger partial charge in [0.05, 0.1) is 0 Å². The molecule has 0 rings (SSSR count). The Balaban J connectivity index is 2.91. The normalized spacial score (nSPS) is 9.31. The van der Waals surface area contributed by atoms with E-state index in [1.54, 1.807) is 0 Å². The number of rotatable bonds is 9. The lowest BCUT2D eigenvalue weighted by molar-refractivity contribution is -0.109. The minimum absolute atomic E-state index is 0.753.